The molecule has 5 nitrogen and oxygen atoms in total. The summed E-state index contributed by atoms with van der Waals surface area (Å²) in [5, 5.41) is 2.65. The number of nitrogens with one attached hydrogen (secondary N) is 1. The van der Waals surface area contributed by atoms with E-state index in [9.17, 15) is 17.6 Å². The van der Waals surface area contributed by atoms with Gasteiger partial charge in [-0.3, -0.25) is 8.98 Å². The fourth-order valence-corrected chi connectivity index (χ4v) is 2.67. The third-order valence-electron chi connectivity index (χ3n) is 3.15. The molecule has 0 aromatic heterocycles. The monoisotopic (exact) mass is 301 g/mol. The van der Waals surface area contributed by atoms with E-state index in [2.05, 4.69) is 9.50 Å². The highest BCUT2D eigenvalue weighted by atomic mass is 32.2. The Morgan fingerprint density at radius 1 is 1.35 bits per heavy atom. The minimum absolute atomic E-state index is 0.115. The smallest absolute Gasteiger partial charge is 0.264 e. The predicted octanol–water partition coefficient (Wildman–Crippen LogP) is 2.01. The Bertz CT molecular complexity index is 615. The molecule has 0 saturated heterocycles. The largest absolute Gasteiger partial charge is 0.325 e. The number of rotatable bonds is 6. The molecule has 1 atom stereocenters. The number of fused-ring (bicyclic) bond motifs is 1. The SMILES string of the molecule is CS(=O)(=O)OCCCCC1C(=O)Nc2cc(F)ccc21. The van der Waals surface area contributed by atoms with E-state index >= 15 is 0 Å². The topological polar surface area (TPSA) is 72.5 Å². The lowest BCUT2D eigenvalue weighted by Crippen LogP contribution is -2.12. The minimum Gasteiger partial charge on any atom is -0.325 e. The lowest BCUT2D eigenvalue weighted by Gasteiger charge is -2.08. The molecule has 1 N–H and O–H groups in total. The van der Waals surface area contributed by atoms with E-state index in [1.54, 1.807) is 6.07 Å². The Morgan fingerprint density at radius 3 is 2.80 bits per heavy atom. The average Bonchev–Trinajstić information content (AvgIpc) is 2.63. The van der Waals surface area contributed by atoms with E-state index in [0.717, 1.165) is 11.8 Å². The van der Waals surface area contributed by atoms with Crippen molar-refractivity contribution in [3.05, 3.63) is 29.6 Å². The van der Waals surface area contributed by atoms with Gasteiger partial charge >= 0.3 is 0 Å². The second-order valence-electron chi connectivity index (χ2n) is 4.80. The van der Waals surface area contributed by atoms with Gasteiger partial charge in [-0.1, -0.05) is 6.07 Å². The van der Waals surface area contributed by atoms with E-state index in [0.29, 0.717) is 24.9 Å². The van der Waals surface area contributed by atoms with Crippen molar-refractivity contribution in [2.45, 2.75) is 25.2 Å². The summed E-state index contributed by atoms with van der Waals surface area (Å²) in [6, 6.07) is 4.25. The Morgan fingerprint density at radius 2 is 2.10 bits per heavy atom. The lowest BCUT2D eigenvalue weighted by molar-refractivity contribution is -0.117. The third kappa shape index (κ3) is 3.77. The summed E-state index contributed by atoms with van der Waals surface area (Å²) in [5.74, 6) is -0.829. The first-order valence-electron chi connectivity index (χ1n) is 6.31. The normalized spacial score (nSPS) is 17.9. The highest BCUT2D eigenvalue weighted by Gasteiger charge is 2.29. The number of unbranched alkanes of at least 4 members (excludes halogenated alkanes) is 1. The van der Waals surface area contributed by atoms with Gasteiger partial charge in [0.2, 0.25) is 5.91 Å². The summed E-state index contributed by atoms with van der Waals surface area (Å²) in [6.45, 7) is 0.115. The Kier molecular flexibility index (Phi) is 4.39. The van der Waals surface area contributed by atoms with Gasteiger partial charge in [0.15, 0.2) is 0 Å². The number of carbonyl (C=O) groups excluding carboxylic acids is 1. The van der Waals surface area contributed by atoms with Crippen molar-refractivity contribution in [1.82, 2.24) is 0 Å². The molecule has 0 spiro atoms. The molecule has 0 aliphatic carbocycles. The van der Waals surface area contributed by atoms with E-state index in [-0.39, 0.29) is 24.2 Å². The molecule has 1 aliphatic heterocycles. The summed E-state index contributed by atoms with van der Waals surface area (Å²) in [6.07, 6.45) is 2.79. The van der Waals surface area contributed by atoms with Gasteiger partial charge < -0.3 is 5.32 Å². The molecule has 1 unspecified atom stereocenters. The summed E-state index contributed by atoms with van der Waals surface area (Å²) in [5.41, 5.74) is 1.31. The summed E-state index contributed by atoms with van der Waals surface area (Å²) in [4.78, 5) is 11.8. The fraction of sp³-hybridized carbons (Fsp3) is 0.462. The van der Waals surface area contributed by atoms with Crippen LogP contribution in [0.25, 0.3) is 0 Å². The van der Waals surface area contributed by atoms with Gasteiger partial charge in [-0.2, -0.15) is 8.42 Å². The van der Waals surface area contributed by atoms with Crippen molar-refractivity contribution in [2.24, 2.45) is 0 Å². The fourth-order valence-electron chi connectivity index (χ4n) is 2.25. The molecule has 1 heterocycles. The number of halogens is 1. The Balaban J connectivity index is 1.87. The van der Waals surface area contributed by atoms with E-state index < -0.39 is 10.1 Å². The second-order valence-corrected chi connectivity index (χ2v) is 6.44. The van der Waals surface area contributed by atoms with E-state index in [1.807, 2.05) is 0 Å². The minimum atomic E-state index is -3.41. The van der Waals surface area contributed by atoms with Crippen LogP contribution in [0.3, 0.4) is 0 Å². The van der Waals surface area contributed by atoms with Crippen molar-refractivity contribution < 1.29 is 21.8 Å². The molecule has 0 radical (unpaired) electrons. The van der Waals surface area contributed by atoms with Crippen molar-refractivity contribution in [3.8, 4) is 0 Å². The van der Waals surface area contributed by atoms with Crippen LogP contribution in [0.1, 0.15) is 30.7 Å². The first-order chi connectivity index (χ1) is 9.37. The standard InChI is InChI=1S/C13H16FNO4S/c1-20(17,18)19-7-3-2-4-11-10-6-5-9(14)8-12(10)15-13(11)16/h5-6,8,11H,2-4,7H2,1H3,(H,15,16). The number of hydrogen-bond acceptors (Lipinski definition) is 4. The molecule has 110 valence electrons. The van der Waals surface area contributed by atoms with E-state index in [4.69, 9.17) is 0 Å². The summed E-state index contributed by atoms with van der Waals surface area (Å²) in [7, 11) is -3.41. The highest BCUT2D eigenvalue weighted by molar-refractivity contribution is 7.85. The zero-order chi connectivity index (χ0) is 14.8. The molecule has 20 heavy (non-hydrogen) atoms. The van der Waals surface area contributed by atoms with Crippen molar-refractivity contribution in [1.29, 1.82) is 0 Å². The van der Waals surface area contributed by atoms with Gasteiger partial charge in [-0.25, -0.2) is 4.39 Å². The van der Waals surface area contributed by atoms with Crippen molar-refractivity contribution in [2.75, 3.05) is 18.2 Å². The molecule has 0 saturated carbocycles. The molecule has 1 aromatic carbocycles. The van der Waals surface area contributed by atoms with E-state index in [1.165, 1.54) is 12.1 Å². The molecule has 7 heteroatoms. The Hall–Kier alpha value is -1.47. The molecular formula is C13H16FNO4S. The van der Waals surface area contributed by atoms with Crippen LogP contribution in [0.15, 0.2) is 18.2 Å². The average molecular weight is 301 g/mol. The van der Waals surface area contributed by atoms with Gasteiger partial charge in [-0.05, 0) is 37.0 Å². The summed E-state index contributed by atoms with van der Waals surface area (Å²) < 4.78 is 39.2. The van der Waals surface area contributed by atoms with Crippen LogP contribution in [0.5, 0.6) is 0 Å². The third-order valence-corrected chi connectivity index (χ3v) is 3.74. The molecule has 1 aromatic rings. The van der Waals surface area contributed by atoms with Gasteiger partial charge in [-0.15, -0.1) is 0 Å². The van der Waals surface area contributed by atoms with Crippen LogP contribution in [0.4, 0.5) is 10.1 Å². The predicted molar refractivity (Wildman–Crippen MR) is 72.4 cm³/mol. The van der Waals surface area contributed by atoms with Crippen molar-refractivity contribution >= 4 is 21.7 Å². The van der Waals surface area contributed by atoms with Crippen LogP contribution >= 0.6 is 0 Å². The maximum atomic E-state index is 13.1. The zero-order valence-corrected chi connectivity index (χ0v) is 11.9. The summed E-state index contributed by atoms with van der Waals surface area (Å²) >= 11 is 0. The maximum Gasteiger partial charge on any atom is 0.264 e. The molecule has 0 fully saturated rings. The highest BCUT2D eigenvalue weighted by Crippen LogP contribution is 2.35. The molecule has 1 aliphatic rings. The lowest BCUT2D eigenvalue weighted by atomic mass is 9.95. The number of carbonyl (C=O) groups is 1. The number of benzene rings is 1. The van der Waals surface area contributed by atoms with Gasteiger partial charge in [0, 0.05) is 5.69 Å². The second kappa shape index (κ2) is 5.88. The molecular weight excluding hydrogens is 285 g/mol. The zero-order valence-electron chi connectivity index (χ0n) is 11.1. The Labute approximate surface area is 117 Å². The molecule has 1 amide bonds. The van der Waals surface area contributed by atoms with Gasteiger partial charge in [0.25, 0.3) is 10.1 Å². The van der Waals surface area contributed by atoms with Crippen LogP contribution in [-0.2, 0) is 19.1 Å². The number of anilines is 1. The number of hydrogen-bond donors (Lipinski definition) is 1. The quantitative estimate of drug-likeness (QED) is 0.644. The van der Waals surface area contributed by atoms with Crippen LogP contribution in [0, 0.1) is 5.82 Å². The van der Waals surface area contributed by atoms with Gasteiger partial charge in [0.1, 0.15) is 5.82 Å². The first-order valence-corrected chi connectivity index (χ1v) is 8.13. The molecule has 2 rings (SSSR count). The first kappa shape index (κ1) is 14.9. The van der Waals surface area contributed by atoms with Crippen molar-refractivity contribution in [3.63, 3.8) is 0 Å². The number of amides is 1. The van der Waals surface area contributed by atoms with Crippen LogP contribution in [-0.4, -0.2) is 27.2 Å². The van der Waals surface area contributed by atoms with Crippen LogP contribution < -0.4 is 5.32 Å². The van der Waals surface area contributed by atoms with Crippen LogP contribution in [0.2, 0.25) is 0 Å². The van der Waals surface area contributed by atoms with Gasteiger partial charge in [0.05, 0.1) is 18.8 Å². The maximum absolute atomic E-state index is 13.1. The molecule has 0 bridgehead atoms.